The number of carbonyl (C=O) groups excluding carboxylic acids is 1. The molecule has 0 aliphatic heterocycles. The van der Waals surface area contributed by atoms with Crippen molar-refractivity contribution in [3.63, 3.8) is 0 Å². The van der Waals surface area contributed by atoms with Crippen molar-refractivity contribution in [1.29, 1.82) is 0 Å². The minimum absolute atomic E-state index is 0.179. The molecule has 1 N–H and O–H groups in total. The number of aromatic nitrogens is 1. The summed E-state index contributed by atoms with van der Waals surface area (Å²) in [6, 6.07) is 3.55. The molecule has 0 fully saturated rings. The van der Waals surface area contributed by atoms with Crippen LogP contribution in [0.4, 0.5) is 0 Å². The van der Waals surface area contributed by atoms with Gasteiger partial charge in [-0.25, -0.2) is 4.98 Å². The Labute approximate surface area is 104 Å². The molecule has 1 amide bonds. The molecule has 5 heteroatoms. The van der Waals surface area contributed by atoms with Gasteiger partial charge >= 0.3 is 0 Å². The van der Waals surface area contributed by atoms with E-state index in [2.05, 4.69) is 26.2 Å². The Balaban J connectivity index is 2.39. The van der Waals surface area contributed by atoms with Crippen molar-refractivity contribution in [3.8, 4) is 0 Å². The van der Waals surface area contributed by atoms with Crippen molar-refractivity contribution < 1.29 is 9.53 Å². The third-order valence-electron chi connectivity index (χ3n) is 1.81. The van der Waals surface area contributed by atoms with E-state index in [1.54, 1.807) is 18.3 Å². The lowest BCUT2D eigenvalue weighted by atomic mass is 10.3. The molecule has 88 valence electrons. The first kappa shape index (κ1) is 13.1. The van der Waals surface area contributed by atoms with E-state index in [0.717, 1.165) is 0 Å². The Morgan fingerprint density at radius 3 is 3.00 bits per heavy atom. The van der Waals surface area contributed by atoms with Crippen LogP contribution in [0.15, 0.2) is 22.8 Å². The number of amides is 1. The Morgan fingerprint density at radius 1 is 1.62 bits per heavy atom. The fraction of sp³-hybridized carbons (Fsp3) is 0.455. The van der Waals surface area contributed by atoms with Crippen LogP contribution in [-0.4, -0.2) is 30.1 Å². The van der Waals surface area contributed by atoms with E-state index >= 15 is 0 Å². The normalized spacial score (nSPS) is 10.5. The Bertz CT molecular complexity index is 356. The van der Waals surface area contributed by atoms with Crippen molar-refractivity contribution >= 4 is 21.8 Å². The summed E-state index contributed by atoms with van der Waals surface area (Å²) in [6.07, 6.45) is 1.77. The van der Waals surface area contributed by atoms with E-state index in [4.69, 9.17) is 4.74 Å². The van der Waals surface area contributed by atoms with Crippen LogP contribution in [0, 0.1) is 0 Å². The molecule has 0 atom stereocenters. The van der Waals surface area contributed by atoms with Crippen LogP contribution in [0.2, 0.25) is 0 Å². The summed E-state index contributed by atoms with van der Waals surface area (Å²) in [5.41, 5.74) is 0.395. The fourth-order valence-corrected chi connectivity index (χ4v) is 1.53. The monoisotopic (exact) mass is 286 g/mol. The van der Waals surface area contributed by atoms with Crippen molar-refractivity contribution in [3.05, 3.63) is 28.5 Å². The Hall–Kier alpha value is -0.940. The number of nitrogens with zero attached hydrogens (tertiary/aromatic N) is 1. The number of halogens is 1. The molecular weight excluding hydrogens is 272 g/mol. The Kier molecular flexibility index (Phi) is 5.42. The van der Waals surface area contributed by atoms with Crippen LogP contribution < -0.4 is 5.32 Å². The van der Waals surface area contributed by atoms with Crippen LogP contribution >= 0.6 is 15.9 Å². The predicted molar refractivity (Wildman–Crippen MR) is 65.4 cm³/mol. The van der Waals surface area contributed by atoms with Crippen LogP contribution in [0.3, 0.4) is 0 Å². The maximum absolute atomic E-state index is 11.7. The van der Waals surface area contributed by atoms with Crippen LogP contribution in [0.25, 0.3) is 0 Å². The van der Waals surface area contributed by atoms with Gasteiger partial charge in [0, 0.05) is 17.2 Å². The molecule has 16 heavy (non-hydrogen) atoms. The van der Waals surface area contributed by atoms with Gasteiger partial charge in [0.2, 0.25) is 0 Å². The molecule has 0 bridgehead atoms. The number of rotatable bonds is 5. The zero-order valence-electron chi connectivity index (χ0n) is 9.37. The molecule has 1 aromatic rings. The molecule has 0 aliphatic carbocycles. The van der Waals surface area contributed by atoms with E-state index < -0.39 is 0 Å². The lowest BCUT2D eigenvalue weighted by Gasteiger charge is -2.08. The summed E-state index contributed by atoms with van der Waals surface area (Å²) >= 11 is 3.27. The standard InChI is InChI=1S/C11H15BrN2O2/c1-8(2)16-7-6-14-11(15)10-9(12)4-3-5-13-10/h3-5,8H,6-7H2,1-2H3,(H,14,15). The number of pyridine rings is 1. The van der Waals surface area contributed by atoms with E-state index in [9.17, 15) is 4.79 Å². The van der Waals surface area contributed by atoms with Crippen LogP contribution in [0.1, 0.15) is 24.3 Å². The van der Waals surface area contributed by atoms with E-state index in [0.29, 0.717) is 23.3 Å². The summed E-state index contributed by atoms with van der Waals surface area (Å²) in [5.74, 6) is -0.195. The maximum atomic E-state index is 11.7. The van der Waals surface area contributed by atoms with Gasteiger partial charge in [-0.3, -0.25) is 4.79 Å². The third kappa shape index (κ3) is 4.28. The molecule has 0 spiro atoms. The Morgan fingerprint density at radius 2 is 2.38 bits per heavy atom. The first-order chi connectivity index (χ1) is 7.61. The lowest BCUT2D eigenvalue weighted by Crippen LogP contribution is -2.29. The zero-order valence-corrected chi connectivity index (χ0v) is 11.0. The summed E-state index contributed by atoms with van der Waals surface area (Å²) in [6.45, 7) is 4.90. The topological polar surface area (TPSA) is 51.2 Å². The lowest BCUT2D eigenvalue weighted by molar-refractivity contribution is 0.0744. The highest BCUT2D eigenvalue weighted by Gasteiger charge is 2.09. The quantitative estimate of drug-likeness (QED) is 0.843. The van der Waals surface area contributed by atoms with Crippen molar-refractivity contribution in [2.24, 2.45) is 0 Å². The third-order valence-corrected chi connectivity index (χ3v) is 2.45. The van der Waals surface area contributed by atoms with Crippen molar-refractivity contribution in [1.82, 2.24) is 10.3 Å². The molecule has 0 unspecified atom stereocenters. The van der Waals surface area contributed by atoms with Crippen LogP contribution in [-0.2, 0) is 4.74 Å². The smallest absolute Gasteiger partial charge is 0.271 e. The van der Waals surface area contributed by atoms with E-state index in [1.807, 2.05) is 13.8 Å². The van der Waals surface area contributed by atoms with E-state index in [-0.39, 0.29) is 12.0 Å². The second kappa shape index (κ2) is 6.60. The van der Waals surface area contributed by atoms with Gasteiger partial charge in [-0.2, -0.15) is 0 Å². The van der Waals surface area contributed by atoms with Crippen LogP contribution in [0.5, 0.6) is 0 Å². The minimum atomic E-state index is -0.195. The largest absolute Gasteiger partial charge is 0.377 e. The van der Waals surface area contributed by atoms with Gasteiger partial charge < -0.3 is 10.1 Å². The average Bonchev–Trinajstić information content (AvgIpc) is 2.24. The van der Waals surface area contributed by atoms with Gasteiger partial charge in [0.15, 0.2) is 0 Å². The van der Waals surface area contributed by atoms with Crippen molar-refractivity contribution in [2.45, 2.75) is 20.0 Å². The first-order valence-corrected chi connectivity index (χ1v) is 5.91. The summed E-state index contributed by atoms with van der Waals surface area (Å²) < 4.78 is 6.00. The maximum Gasteiger partial charge on any atom is 0.271 e. The molecular formula is C11H15BrN2O2. The van der Waals surface area contributed by atoms with Crippen molar-refractivity contribution in [2.75, 3.05) is 13.2 Å². The summed E-state index contributed by atoms with van der Waals surface area (Å²) in [5, 5.41) is 2.74. The average molecular weight is 287 g/mol. The van der Waals surface area contributed by atoms with Gasteiger partial charge in [0.1, 0.15) is 5.69 Å². The number of nitrogens with one attached hydrogen (secondary N) is 1. The highest BCUT2D eigenvalue weighted by atomic mass is 79.9. The molecule has 0 saturated heterocycles. The summed E-state index contributed by atoms with van der Waals surface area (Å²) in [7, 11) is 0. The number of carbonyl (C=O) groups is 1. The molecule has 0 radical (unpaired) electrons. The molecule has 0 aliphatic rings. The SMILES string of the molecule is CC(C)OCCNC(=O)c1ncccc1Br. The molecule has 1 rings (SSSR count). The predicted octanol–water partition coefficient (Wildman–Crippen LogP) is 2.00. The molecule has 1 aromatic heterocycles. The molecule has 0 aromatic carbocycles. The highest BCUT2D eigenvalue weighted by molar-refractivity contribution is 9.10. The second-order valence-electron chi connectivity index (χ2n) is 3.51. The van der Waals surface area contributed by atoms with Gasteiger partial charge in [0.05, 0.1) is 12.7 Å². The fourth-order valence-electron chi connectivity index (χ4n) is 1.10. The van der Waals surface area contributed by atoms with Gasteiger partial charge in [-0.1, -0.05) is 0 Å². The van der Waals surface area contributed by atoms with Gasteiger partial charge in [-0.05, 0) is 41.9 Å². The first-order valence-electron chi connectivity index (χ1n) is 5.11. The number of hydrogen-bond donors (Lipinski definition) is 1. The number of ether oxygens (including phenoxy) is 1. The molecule has 0 saturated carbocycles. The highest BCUT2D eigenvalue weighted by Crippen LogP contribution is 2.12. The second-order valence-corrected chi connectivity index (χ2v) is 4.36. The summed E-state index contributed by atoms with van der Waals surface area (Å²) in [4.78, 5) is 15.6. The zero-order chi connectivity index (χ0) is 12.0. The number of hydrogen-bond acceptors (Lipinski definition) is 3. The minimum Gasteiger partial charge on any atom is -0.377 e. The molecule has 1 heterocycles. The van der Waals surface area contributed by atoms with Gasteiger partial charge in [0.25, 0.3) is 5.91 Å². The molecule has 4 nitrogen and oxygen atoms in total. The van der Waals surface area contributed by atoms with Gasteiger partial charge in [-0.15, -0.1) is 0 Å². The van der Waals surface area contributed by atoms with E-state index in [1.165, 1.54) is 0 Å².